The van der Waals surface area contributed by atoms with E-state index in [0.717, 1.165) is 5.56 Å². The summed E-state index contributed by atoms with van der Waals surface area (Å²) in [5.74, 6) is -2.49. The van der Waals surface area contributed by atoms with Crippen LogP contribution in [0.3, 0.4) is 0 Å². The summed E-state index contributed by atoms with van der Waals surface area (Å²) in [7, 11) is 0. The monoisotopic (exact) mass is 441 g/mol. The van der Waals surface area contributed by atoms with Crippen LogP contribution in [0.25, 0.3) is 0 Å². The molecule has 0 saturated carbocycles. The zero-order chi connectivity index (χ0) is 21.7. The minimum atomic E-state index is -1.34. The first kappa shape index (κ1) is 22.8. The second kappa shape index (κ2) is 9.84. The van der Waals surface area contributed by atoms with Crippen LogP contribution in [0, 0.1) is 11.4 Å². The average molecular weight is 442 g/mol. The predicted molar refractivity (Wildman–Crippen MR) is 107 cm³/mol. The lowest BCUT2D eigenvalue weighted by Gasteiger charge is -2.16. The molecule has 0 bridgehead atoms. The number of rotatable bonds is 10. The quantitative estimate of drug-likeness (QED) is 0.382. The Hall–Kier alpha value is -2.45. The van der Waals surface area contributed by atoms with E-state index in [1.54, 1.807) is 29.1 Å². The molecule has 0 aliphatic carbocycles. The molecule has 0 radical (unpaired) electrons. The maximum atomic E-state index is 11.8. The van der Waals surface area contributed by atoms with E-state index in [-0.39, 0.29) is 18.8 Å². The molecule has 10 heteroatoms. The van der Waals surface area contributed by atoms with Crippen LogP contribution in [0.1, 0.15) is 31.5 Å². The number of carbonyl (C=O) groups is 2. The molecule has 2 rings (SSSR count). The molecule has 0 aliphatic heterocycles. The molecule has 156 valence electrons. The Bertz CT molecular complexity index is 893. The van der Waals surface area contributed by atoms with Crippen molar-refractivity contribution < 1.29 is 24.5 Å². The molecule has 1 heterocycles. The first-order valence-electron chi connectivity index (χ1n) is 8.97. The molecule has 2 unspecified atom stereocenters. The molecule has 2 atom stereocenters. The predicted octanol–water partition coefficient (Wildman–Crippen LogP) is 3.78. The summed E-state index contributed by atoms with van der Waals surface area (Å²) in [5, 5.41) is 20.1. The number of hydrogen-bond donors (Lipinski definition) is 3. The summed E-state index contributed by atoms with van der Waals surface area (Å²) < 4.78 is 2.39. The van der Waals surface area contributed by atoms with E-state index >= 15 is 0 Å². The minimum Gasteiger partial charge on any atom is -0.476 e. The molecule has 1 aromatic carbocycles. The van der Waals surface area contributed by atoms with Gasteiger partial charge in [-0.3, -0.25) is 0 Å². The smallest absolute Gasteiger partial charge is 0.375 e. The number of aliphatic carboxylic acids is 2. The number of benzene rings is 1. The third-order valence-corrected chi connectivity index (χ3v) is 4.85. The van der Waals surface area contributed by atoms with Crippen molar-refractivity contribution in [2.24, 2.45) is 5.92 Å². The highest BCUT2D eigenvalue weighted by molar-refractivity contribution is 6.34. The van der Waals surface area contributed by atoms with Crippen molar-refractivity contribution in [1.29, 1.82) is 5.53 Å². The van der Waals surface area contributed by atoms with Gasteiger partial charge in [0.2, 0.25) is 0 Å². The fourth-order valence-corrected chi connectivity index (χ4v) is 3.63. The summed E-state index contributed by atoms with van der Waals surface area (Å²) >= 11 is 12.1. The molecule has 29 heavy (non-hydrogen) atoms. The number of carboxylic acid groups (broad SMARTS) is 2. The van der Waals surface area contributed by atoms with Crippen LogP contribution in [-0.4, -0.2) is 48.5 Å². The van der Waals surface area contributed by atoms with Gasteiger partial charge in [0.15, 0.2) is 0 Å². The summed E-state index contributed by atoms with van der Waals surface area (Å²) in [6, 6.07) is 2.53. The second-order valence-corrected chi connectivity index (χ2v) is 8.11. The molecule has 0 fully saturated rings. The zero-order valence-electron chi connectivity index (χ0n) is 16.0. The summed E-state index contributed by atoms with van der Waals surface area (Å²) in [6.07, 6.45) is 3.15. The number of aromatic nitrogens is 2. The highest BCUT2D eigenvalue weighted by Crippen LogP contribution is 2.21. The number of carboxylic acids is 2. The Balaban J connectivity index is 2.26. The van der Waals surface area contributed by atoms with E-state index < -0.39 is 24.0 Å². The van der Waals surface area contributed by atoms with Crippen molar-refractivity contribution in [3.8, 4) is 0 Å². The van der Waals surface area contributed by atoms with Gasteiger partial charge in [0.25, 0.3) is 12.1 Å². The van der Waals surface area contributed by atoms with Crippen molar-refractivity contribution in [3.63, 3.8) is 0 Å². The lowest BCUT2D eigenvalue weighted by atomic mass is 10.0. The van der Waals surface area contributed by atoms with Gasteiger partial charge < -0.3 is 14.8 Å². The standard InChI is InChI=1S/C19H22Cl2N4O4/c1-11(2)3-16(18(26)27)25(22)17(19(28)29)7-15-8-23-10-24(15)9-12-4-13(20)6-14(21)5-12/h4-6,8,10-11,16-17,22H,3,7,9H2,1-2H3,(H-,26,27,28,29)/p+1. The number of nitrogens with zero attached hydrogens (tertiary/aromatic N) is 3. The van der Waals surface area contributed by atoms with Gasteiger partial charge in [-0.2, -0.15) is 0 Å². The fourth-order valence-electron chi connectivity index (χ4n) is 3.06. The van der Waals surface area contributed by atoms with E-state index in [1.165, 1.54) is 6.20 Å². The Kier molecular flexibility index (Phi) is 7.75. The molecular weight excluding hydrogens is 419 g/mol. The van der Waals surface area contributed by atoms with Crippen LogP contribution in [0.2, 0.25) is 10.0 Å². The van der Waals surface area contributed by atoms with E-state index in [2.05, 4.69) is 4.98 Å². The highest BCUT2D eigenvalue weighted by atomic mass is 35.5. The maximum Gasteiger partial charge on any atom is 0.375 e. The third kappa shape index (κ3) is 6.27. The Morgan fingerprint density at radius 3 is 2.24 bits per heavy atom. The zero-order valence-corrected chi connectivity index (χ0v) is 17.6. The van der Waals surface area contributed by atoms with Crippen molar-refractivity contribution in [1.82, 2.24) is 9.55 Å². The van der Waals surface area contributed by atoms with Gasteiger partial charge >= 0.3 is 11.9 Å². The highest BCUT2D eigenvalue weighted by Gasteiger charge is 2.41. The Morgan fingerprint density at radius 2 is 1.72 bits per heavy atom. The van der Waals surface area contributed by atoms with Crippen LogP contribution in [0.5, 0.6) is 0 Å². The molecule has 8 nitrogen and oxygen atoms in total. The van der Waals surface area contributed by atoms with Gasteiger partial charge in [-0.15, -0.1) is 4.70 Å². The topological polar surface area (TPSA) is 119 Å². The normalized spacial score (nSPS) is 13.3. The van der Waals surface area contributed by atoms with Gasteiger partial charge in [-0.25, -0.2) is 14.6 Å². The van der Waals surface area contributed by atoms with Gasteiger partial charge in [0, 0.05) is 34.9 Å². The lowest BCUT2D eigenvalue weighted by molar-refractivity contribution is -0.660. The van der Waals surface area contributed by atoms with E-state index in [4.69, 9.17) is 28.7 Å². The Labute approximate surface area is 178 Å². The average Bonchev–Trinajstić information content (AvgIpc) is 3.02. The van der Waals surface area contributed by atoms with E-state index in [0.29, 0.717) is 27.0 Å². The SMILES string of the molecule is CC(C)CC(C(=O)O)[N+](=N)C(Cc1cncn1Cc1cc(Cl)cc(Cl)c1)C(=O)O. The molecule has 0 aliphatic rings. The minimum absolute atomic E-state index is 0.00324. The van der Waals surface area contributed by atoms with Crippen LogP contribution >= 0.6 is 23.2 Å². The van der Waals surface area contributed by atoms with Crippen LogP contribution < -0.4 is 0 Å². The molecule has 1 aromatic heterocycles. The molecule has 3 N–H and O–H groups in total. The van der Waals surface area contributed by atoms with E-state index in [9.17, 15) is 19.8 Å². The molecule has 0 amide bonds. The molecular formula is C19H23Cl2N4O4+. The van der Waals surface area contributed by atoms with Gasteiger partial charge in [0.1, 0.15) is 0 Å². The van der Waals surface area contributed by atoms with Crippen molar-refractivity contribution in [2.45, 2.75) is 45.3 Å². The Morgan fingerprint density at radius 1 is 1.14 bits per heavy atom. The summed E-state index contributed by atoms with van der Waals surface area (Å²) in [5.41, 5.74) is 9.56. The maximum absolute atomic E-state index is 11.8. The lowest BCUT2D eigenvalue weighted by Crippen LogP contribution is -2.45. The van der Waals surface area contributed by atoms with Gasteiger partial charge in [-0.1, -0.05) is 42.6 Å². The number of imidazole rings is 1. The van der Waals surface area contributed by atoms with Crippen molar-refractivity contribution in [3.05, 3.63) is 52.0 Å². The summed E-state index contributed by atoms with van der Waals surface area (Å²) in [4.78, 5) is 27.5. The van der Waals surface area contributed by atoms with E-state index in [1.807, 2.05) is 13.8 Å². The largest absolute Gasteiger partial charge is 0.476 e. The van der Waals surface area contributed by atoms with Crippen LogP contribution in [0.4, 0.5) is 0 Å². The van der Waals surface area contributed by atoms with Crippen molar-refractivity contribution in [2.75, 3.05) is 0 Å². The van der Waals surface area contributed by atoms with Crippen molar-refractivity contribution >= 4 is 35.1 Å². The van der Waals surface area contributed by atoms with Crippen LogP contribution in [0.15, 0.2) is 30.7 Å². The third-order valence-electron chi connectivity index (χ3n) is 4.41. The first-order chi connectivity index (χ1) is 13.6. The molecule has 2 aromatic rings. The van der Waals surface area contributed by atoms with Gasteiger partial charge in [-0.05, 0) is 29.7 Å². The molecule has 0 saturated heterocycles. The number of hydrogen-bond acceptors (Lipinski definition) is 4. The molecule has 0 spiro atoms. The van der Waals surface area contributed by atoms with Crippen LogP contribution in [-0.2, 0) is 22.6 Å². The van der Waals surface area contributed by atoms with Gasteiger partial charge in [0.05, 0.1) is 12.7 Å². The number of nitrogens with one attached hydrogen (secondary N) is 1. The first-order valence-corrected chi connectivity index (χ1v) is 9.73. The summed E-state index contributed by atoms with van der Waals surface area (Å²) in [6.45, 7) is 4.00. The second-order valence-electron chi connectivity index (χ2n) is 7.24. The fraction of sp³-hybridized carbons (Fsp3) is 0.421. The number of halogens is 2.